The summed E-state index contributed by atoms with van der Waals surface area (Å²) in [6.07, 6.45) is 5.18. The molecular formula is C60H76N12O14. The van der Waals surface area contributed by atoms with Crippen molar-refractivity contribution in [2.45, 2.75) is 102 Å². The van der Waals surface area contributed by atoms with E-state index in [1.54, 1.807) is 76.2 Å². The maximum absolute atomic E-state index is 14.7. The van der Waals surface area contributed by atoms with Crippen LogP contribution in [0.3, 0.4) is 0 Å². The van der Waals surface area contributed by atoms with Gasteiger partial charge in [-0.05, 0) is 73.3 Å². The van der Waals surface area contributed by atoms with Crippen LogP contribution in [0.4, 0.5) is 0 Å². The molecule has 0 radical (unpaired) electrons. The van der Waals surface area contributed by atoms with Gasteiger partial charge < -0.3 is 60.1 Å². The van der Waals surface area contributed by atoms with Gasteiger partial charge in [0.25, 0.3) is 11.8 Å². The topological polar surface area (TPSA) is 317 Å². The lowest BCUT2D eigenvalue weighted by Gasteiger charge is -2.37. The number of hydrogen-bond donors (Lipinski definition) is 4. The number of carbonyl (C=O) groups excluding carboxylic acids is 12. The van der Waals surface area contributed by atoms with Crippen molar-refractivity contribution in [3.8, 4) is 0 Å². The summed E-state index contributed by atoms with van der Waals surface area (Å²) in [4.78, 5) is 184. The third kappa shape index (κ3) is 15.8. The van der Waals surface area contributed by atoms with Crippen LogP contribution in [0.15, 0.2) is 73.1 Å². The van der Waals surface area contributed by atoms with Crippen molar-refractivity contribution in [3.63, 3.8) is 0 Å². The van der Waals surface area contributed by atoms with Gasteiger partial charge >= 0.3 is 11.9 Å². The first kappa shape index (κ1) is 64.5. The Morgan fingerprint density at radius 1 is 0.523 bits per heavy atom. The Morgan fingerprint density at radius 2 is 0.884 bits per heavy atom. The molecule has 4 aromatic rings. The van der Waals surface area contributed by atoms with E-state index in [9.17, 15) is 57.5 Å². The van der Waals surface area contributed by atoms with Gasteiger partial charge in [0.05, 0.1) is 26.2 Å². The molecule has 10 amide bonds. The summed E-state index contributed by atoms with van der Waals surface area (Å²) < 4.78 is 11.6. The summed E-state index contributed by atoms with van der Waals surface area (Å²) in [5.74, 6) is -10.6. The van der Waals surface area contributed by atoms with E-state index >= 15 is 0 Å². The maximum Gasteiger partial charge on any atom is 0.329 e. The average molecular weight is 1190 g/mol. The molecule has 3 saturated heterocycles. The highest BCUT2D eigenvalue weighted by molar-refractivity contribution is 6.02. The molecule has 3 aliphatic rings. The number of cyclic esters (lactones) is 2. The van der Waals surface area contributed by atoms with E-state index in [-0.39, 0.29) is 37.3 Å². The van der Waals surface area contributed by atoms with Crippen LogP contribution in [0.25, 0.3) is 21.5 Å². The van der Waals surface area contributed by atoms with E-state index in [1.165, 1.54) is 62.5 Å². The molecule has 6 atom stereocenters. The van der Waals surface area contributed by atoms with E-state index in [4.69, 9.17) is 9.47 Å². The second kappa shape index (κ2) is 29.1. The summed E-state index contributed by atoms with van der Waals surface area (Å²) in [5.41, 5.74) is -0.133. The predicted molar refractivity (Wildman–Crippen MR) is 311 cm³/mol. The molecule has 3 fully saturated rings. The third-order valence-corrected chi connectivity index (χ3v) is 15.7. The van der Waals surface area contributed by atoms with Crippen LogP contribution in [0, 0.1) is 11.8 Å². The standard InChI is InChI=1S/C60H76N12O14/c1-35(2)51-59(83)85-33-43(65-53(77)41-25-37-17-9-11-19-39(37)27-61-41)57(81)71-23-15-13-21-45(71)55(79)64-30-48(74)68(6)32-50(76)70(8)52(36(3)4)60(84)86-34-44(66-54(78)42-26-38-18-10-12-20-40(38)28-62-42)58(82)72-24-16-14-22-46(72)56(80)63-29-47(73)67(5)31-49(75)69(51)7/h9-12,17-20,25-28,35-36,43-46,51-52H,13-16,21-24,29-34H2,1-8H3,(H,63,80)(H,64,79)(H,65,77)(H,66,78)/t43-,44-,45+,46+,51+,52+/m1/s1. The van der Waals surface area contributed by atoms with Gasteiger partial charge in [-0.2, -0.15) is 0 Å². The molecule has 0 saturated carbocycles. The van der Waals surface area contributed by atoms with Gasteiger partial charge in [0.2, 0.25) is 47.3 Å². The van der Waals surface area contributed by atoms with E-state index in [1.807, 2.05) is 0 Å². The fourth-order valence-corrected chi connectivity index (χ4v) is 10.8. The van der Waals surface area contributed by atoms with Gasteiger partial charge in [-0.25, -0.2) is 9.59 Å². The molecule has 0 spiro atoms. The number of hydrogen-bond acceptors (Lipinski definition) is 16. The van der Waals surface area contributed by atoms with Crippen molar-refractivity contribution >= 4 is 92.6 Å². The Labute approximate surface area is 498 Å². The maximum atomic E-state index is 14.7. The van der Waals surface area contributed by atoms with Gasteiger partial charge in [0.15, 0.2) is 0 Å². The molecule has 0 unspecified atom stereocenters. The number of amides is 10. The first-order valence-corrected chi connectivity index (χ1v) is 28.8. The summed E-state index contributed by atoms with van der Waals surface area (Å²) >= 11 is 0. The molecule has 26 heteroatoms. The molecule has 3 aliphatic heterocycles. The highest BCUT2D eigenvalue weighted by atomic mass is 16.5. The average Bonchev–Trinajstić information content (AvgIpc) is 3.42. The van der Waals surface area contributed by atoms with Crippen molar-refractivity contribution in [2.24, 2.45) is 11.8 Å². The van der Waals surface area contributed by atoms with Gasteiger partial charge in [-0.15, -0.1) is 0 Å². The van der Waals surface area contributed by atoms with Crippen LogP contribution in [0.1, 0.15) is 87.2 Å². The Hall–Kier alpha value is -9.10. The summed E-state index contributed by atoms with van der Waals surface area (Å²) in [6, 6.07) is 9.24. The Kier molecular flexibility index (Phi) is 21.8. The van der Waals surface area contributed by atoms with Crippen LogP contribution < -0.4 is 21.3 Å². The van der Waals surface area contributed by atoms with Crippen molar-refractivity contribution < 1.29 is 67.0 Å². The van der Waals surface area contributed by atoms with E-state index in [0.717, 1.165) is 30.4 Å². The number of ether oxygens (including phenoxy) is 2. The number of rotatable bonds is 6. The minimum Gasteiger partial charge on any atom is -0.461 e. The lowest BCUT2D eigenvalue weighted by molar-refractivity contribution is -0.159. The summed E-state index contributed by atoms with van der Waals surface area (Å²) in [6.45, 7) is 2.77. The fraction of sp³-hybridized carbons (Fsp3) is 0.500. The number of aromatic nitrogens is 2. The summed E-state index contributed by atoms with van der Waals surface area (Å²) in [7, 11) is 5.29. The SMILES string of the molecule is CC(C)[C@H]1C(=O)OC[C@@H](NC(=O)c2cc3ccccc3cn2)C(=O)N2CCCC[C@H]2C(=O)NCC(=O)N(C)CC(=O)N(C)[C@@H](C(C)C)C(=O)OC[C@@H](NC(=O)c2cc3ccccc3cn2)C(=O)N2CCCC[C@H]2C(=O)NCC(=O)N(C)CC(=O)N1C. The smallest absolute Gasteiger partial charge is 0.329 e. The van der Waals surface area contributed by atoms with Crippen LogP contribution in [0.2, 0.25) is 0 Å². The van der Waals surface area contributed by atoms with Gasteiger partial charge in [0, 0.05) is 64.4 Å². The number of esters is 2. The Balaban J connectivity index is 1.16. The van der Waals surface area contributed by atoms with Crippen LogP contribution >= 0.6 is 0 Å². The monoisotopic (exact) mass is 1190 g/mol. The molecule has 2 aromatic heterocycles. The fourth-order valence-electron chi connectivity index (χ4n) is 10.8. The quantitative estimate of drug-likeness (QED) is 0.193. The first-order valence-electron chi connectivity index (χ1n) is 28.8. The lowest BCUT2D eigenvalue weighted by atomic mass is 10.00. The molecule has 4 N–H and O–H groups in total. The number of benzene rings is 2. The van der Waals surface area contributed by atoms with Crippen molar-refractivity contribution in [2.75, 3.05) is 80.7 Å². The zero-order valence-corrected chi connectivity index (χ0v) is 49.7. The van der Waals surface area contributed by atoms with Gasteiger partial charge in [-0.3, -0.25) is 57.9 Å². The van der Waals surface area contributed by atoms with Gasteiger partial charge in [0.1, 0.15) is 60.9 Å². The minimum absolute atomic E-state index is 0.0365. The number of piperidine rings is 2. The first-order chi connectivity index (χ1) is 40.9. The van der Waals surface area contributed by atoms with E-state index in [0.29, 0.717) is 36.5 Å². The molecule has 5 heterocycles. The normalized spacial score (nSPS) is 23.2. The van der Waals surface area contributed by atoms with Crippen LogP contribution in [-0.4, -0.2) is 227 Å². The highest BCUT2D eigenvalue weighted by Gasteiger charge is 2.41. The molecule has 86 heavy (non-hydrogen) atoms. The number of fused-ring (bicyclic) bond motifs is 4. The number of nitrogens with zero attached hydrogens (tertiary/aromatic N) is 8. The zero-order chi connectivity index (χ0) is 62.5. The van der Waals surface area contributed by atoms with E-state index in [2.05, 4.69) is 31.2 Å². The second-order valence-corrected chi connectivity index (χ2v) is 22.6. The number of likely N-dealkylation sites (N-methyl/N-ethyl adjacent to an activating group) is 4. The molecule has 2 aromatic carbocycles. The second-order valence-electron chi connectivity index (χ2n) is 22.6. The van der Waals surface area contributed by atoms with E-state index < -0.39 is 158 Å². The largest absolute Gasteiger partial charge is 0.461 e. The summed E-state index contributed by atoms with van der Waals surface area (Å²) in [5, 5.41) is 13.3. The molecule has 0 bridgehead atoms. The predicted octanol–water partition coefficient (Wildman–Crippen LogP) is 0.657. The van der Waals surface area contributed by atoms with Crippen LogP contribution in [-0.2, 0) is 57.4 Å². The molecule has 0 aliphatic carbocycles. The van der Waals surface area contributed by atoms with Gasteiger partial charge in [-0.1, -0.05) is 76.2 Å². The Bertz CT molecular complexity index is 3040. The zero-order valence-electron chi connectivity index (χ0n) is 49.7. The highest BCUT2D eigenvalue weighted by Crippen LogP contribution is 2.23. The third-order valence-electron chi connectivity index (χ3n) is 15.7. The van der Waals surface area contributed by atoms with Crippen molar-refractivity contribution in [3.05, 3.63) is 84.4 Å². The molecule has 460 valence electrons. The Morgan fingerprint density at radius 3 is 1.24 bits per heavy atom. The molecule has 7 rings (SSSR count). The lowest BCUT2D eigenvalue weighted by Crippen LogP contribution is -2.59. The minimum atomic E-state index is -1.60. The van der Waals surface area contributed by atoms with Crippen molar-refractivity contribution in [1.29, 1.82) is 0 Å². The number of pyridine rings is 2. The molecular weight excluding hydrogens is 1110 g/mol. The van der Waals surface area contributed by atoms with Crippen LogP contribution in [0.5, 0.6) is 0 Å². The number of nitrogens with one attached hydrogen (secondary N) is 4. The number of carbonyl (C=O) groups is 12. The van der Waals surface area contributed by atoms with Crippen molar-refractivity contribution in [1.82, 2.24) is 60.6 Å². The molecule has 26 nitrogen and oxygen atoms in total.